The predicted octanol–water partition coefficient (Wildman–Crippen LogP) is 2.80. The first kappa shape index (κ1) is 12.4. The highest BCUT2D eigenvalue weighted by molar-refractivity contribution is 7.16. The quantitative estimate of drug-likeness (QED) is 0.534. The Morgan fingerprint density at radius 3 is 2.95 bits per heavy atom. The first-order chi connectivity index (χ1) is 10.3. The maximum absolute atomic E-state index is 12.6. The summed E-state index contributed by atoms with van der Waals surface area (Å²) in [6, 6.07) is 7.73. The van der Waals surface area contributed by atoms with E-state index in [0.29, 0.717) is 15.9 Å². The van der Waals surface area contributed by atoms with Crippen LogP contribution in [0.4, 0.5) is 0 Å². The summed E-state index contributed by atoms with van der Waals surface area (Å²) >= 11 is 1.48. The topological polar surface area (TPSA) is 60.2 Å². The third-order valence-corrected chi connectivity index (χ3v) is 4.41. The van der Waals surface area contributed by atoms with Gasteiger partial charge in [-0.1, -0.05) is 36.5 Å². The Hall–Kier alpha value is -2.34. The highest BCUT2D eigenvalue weighted by Crippen LogP contribution is 2.22. The summed E-state index contributed by atoms with van der Waals surface area (Å²) in [7, 11) is 0. The number of fused-ring (bicyclic) bond motifs is 4. The van der Waals surface area contributed by atoms with Crippen molar-refractivity contribution in [3.8, 4) is 0 Å². The van der Waals surface area contributed by atoms with Gasteiger partial charge in [-0.25, -0.2) is 4.98 Å². The van der Waals surface area contributed by atoms with E-state index < -0.39 is 0 Å². The van der Waals surface area contributed by atoms with E-state index in [0.717, 1.165) is 28.8 Å². The fraction of sp³-hybridized carbons (Fsp3) is 0.200. The van der Waals surface area contributed by atoms with Crippen LogP contribution >= 0.6 is 11.3 Å². The normalized spacial score (nSPS) is 11.7. The summed E-state index contributed by atoms with van der Waals surface area (Å²) in [6.07, 6.45) is 3.46. The number of benzene rings is 1. The molecule has 4 rings (SSSR count). The molecule has 0 bridgehead atoms. The predicted molar refractivity (Wildman–Crippen MR) is 83.9 cm³/mol. The summed E-state index contributed by atoms with van der Waals surface area (Å²) in [6.45, 7) is 2.09. The zero-order chi connectivity index (χ0) is 14.4. The molecule has 0 unspecified atom stereocenters. The number of rotatable bonds is 2. The molecule has 0 spiro atoms. The van der Waals surface area contributed by atoms with Crippen molar-refractivity contribution in [3.63, 3.8) is 0 Å². The zero-order valence-corrected chi connectivity index (χ0v) is 12.2. The van der Waals surface area contributed by atoms with Gasteiger partial charge in [-0.15, -0.1) is 0 Å². The fourth-order valence-corrected chi connectivity index (χ4v) is 3.44. The van der Waals surface area contributed by atoms with E-state index in [2.05, 4.69) is 22.0 Å². The van der Waals surface area contributed by atoms with Gasteiger partial charge in [0.05, 0.1) is 16.4 Å². The maximum atomic E-state index is 12.6. The SMILES string of the molecule is CCCc1nn2c(=O)c3cnc4ccccc4c3nc2s1. The van der Waals surface area contributed by atoms with Gasteiger partial charge in [-0.3, -0.25) is 9.78 Å². The molecule has 5 nitrogen and oxygen atoms in total. The van der Waals surface area contributed by atoms with E-state index in [9.17, 15) is 4.79 Å². The van der Waals surface area contributed by atoms with Gasteiger partial charge < -0.3 is 0 Å². The molecule has 0 amide bonds. The Balaban J connectivity index is 2.17. The number of aromatic nitrogens is 4. The molecule has 3 heterocycles. The minimum Gasteiger partial charge on any atom is -0.266 e. The van der Waals surface area contributed by atoms with Gasteiger partial charge in [0, 0.05) is 18.0 Å². The van der Waals surface area contributed by atoms with Crippen molar-refractivity contribution in [2.24, 2.45) is 0 Å². The smallest absolute Gasteiger partial charge is 0.266 e. The molecule has 104 valence electrons. The van der Waals surface area contributed by atoms with Gasteiger partial charge in [-0.2, -0.15) is 9.61 Å². The Kier molecular flexibility index (Phi) is 2.71. The molecule has 0 atom stereocenters. The fourth-order valence-electron chi connectivity index (χ4n) is 2.45. The van der Waals surface area contributed by atoms with E-state index >= 15 is 0 Å². The van der Waals surface area contributed by atoms with Gasteiger partial charge in [0.25, 0.3) is 5.56 Å². The Morgan fingerprint density at radius 1 is 1.24 bits per heavy atom. The first-order valence-corrected chi connectivity index (χ1v) is 7.66. The van der Waals surface area contributed by atoms with Crippen molar-refractivity contribution in [3.05, 3.63) is 45.8 Å². The molecular formula is C15H12N4OS. The van der Waals surface area contributed by atoms with Gasteiger partial charge in [0.2, 0.25) is 4.96 Å². The van der Waals surface area contributed by atoms with Crippen molar-refractivity contribution in [1.29, 1.82) is 0 Å². The van der Waals surface area contributed by atoms with Crippen LogP contribution in [0.15, 0.2) is 35.3 Å². The van der Waals surface area contributed by atoms with Crippen LogP contribution in [0.2, 0.25) is 0 Å². The van der Waals surface area contributed by atoms with Crippen LogP contribution in [-0.4, -0.2) is 19.6 Å². The average Bonchev–Trinajstić information content (AvgIpc) is 2.91. The third-order valence-electron chi connectivity index (χ3n) is 3.44. The first-order valence-electron chi connectivity index (χ1n) is 6.84. The molecule has 4 aromatic rings. The van der Waals surface area contributed by atoms with Crippen molar-refractivity contribution in [2.45, 2.75) is 19.8 Å². The molecule has 0 aliphatic carbocycles. The van der Waals surface area contributed by atoms with E-state index in [1.54, 1.807) is 6.20 Å². The van der Waals surface area contributed by atoms with Gasteiger partial charge in [-0.05, 0) is 12.5 Å². The molecule has 0 aliphatic heterocycles. The van der Waals surface area contributed by atoms with E-state index in [4.69, 9.17) is 0 Å². The second-order valence-electron chi connectivity index (χ2n) is 4.89. The van der Waals surface area contributed by atoms with E-state index in [1.165, 1.54) is 15.9 Å². The third kappa shape index (κ3) is 1.83. The minimum absolute atomic E-state index is 0.146. The number of aryl methyl sites for hydroxylation is 1. The number of nitrogens with zero attached hydrogens (tertiary/aromatic N) is 4. The Morgan fingerprint density at radius 2 is 2.10 bits per heavy atom. The van der Waals surface area contributed by atoms with Crippen molar-refractivity contribution in [1.82, 2.24) is 19.6 Å². The Bertz CT molecular complexity index is 1030. The molecule has 3 aromatic heterocycles. The molecule has 0 N–H and O–H groups in total. The standard InChI is InChI=1S/C15H12N4OS/c1-2-5-12-18-19-14(20)10-8-16-11-7-4-3-6-9(11)13(10)17-15(19)21-12/h3-4,6-8H,2,5H2,1H3. The van der Waals surface area contributed by atoms with Crippen LogP contribution < -0.4 is 5.56 Å². The molecule has 0 saturated carbocycles. The van der Waals surface area contributed by atoms with Crippen LogP contribution in [0.3, 0.4) is 0 Å². The number of pyridine rings is 1. The van der Waals surface area contributed by atoms with Gasteiger partial charge in [0.1, 0.15) is 5.01 Å². The average molecular weight is 296 g/mol. The molecule has 0 radical (unpaired) electrons. The summed E-state index contributed by atoms with van der Waals surface area (Å²) in [5, 5.41) is 6.72. The minimum atomic E-state index is -0.146. The van der Waals surface area contributed by atoms with Crippen LogP contribution in [0.5, 0.6) is 0 Å². The van der Waals surface area contributed by atoms with E-state index in [-0.39, 0.29) is 5.56 Å². The number of hydrogen-bond donors (Lipinski definition) is 0. The van der Waals surface area contributed by atoms with Gasteiger partial charge in [0.15, 0.2) is 0 Å². The molecular weight excluding hydrogens is 284 g/mol. The van der Waals surface area contributed by atoms with Crippen molar-refractivity contribution >= 4 is 38.1 Å². The highest BCUT2D eigenvalue weighted by atomic mass is 32.1. The number of para-hydroxylation sites is 1. The molecule has 0 fully saturated rings. The lowest BCUT2D eigenvalue weighted by Gasteiger charge is -2.01. The van der Waals surface area contributed by atoms with E-state index in [1.807, 2.05) is 24.3 Å². The molecule has 0 aliphatic rings. The summed E-state index contributed by atoms with van der Waals surface area (Å²) in [5.41, 5.74) is 1.41. The zero-order valence-electron chi connectivity index (χ0n) is 11.4. The Labute approximate surface area is 123 Å². The lowest BCUT2D eigenvalue weighted by molar-refractivity contribution is 0.829. The largest absolute Gasteiger partial charge is 0.284 e. The lowest BCUT2D eigenvalue weighted by Crippen LogP contribution is -2.15. The molecule has 6 heteroatoms. The van der Waals surface area contributed by atoms with Crippen LogP contribution in [-0.2, 0) is 6.42 Å². The van der Waals surface area contributed by atoms with Gasteiger partial charge >= 0.3 is 0 Å². The van der Waals surface area contributed by atoms with Crippen LogP contribution in [0, 0.1) is 0 Å². The summed E-state index contributed by atoms with van der Waals surface area (Å²) < 4.78 is 1.40. The monoisotopic (exact) mass is 296 g/mol. The molecule has 21 heavy (non-hydrogen) atoms. The van der Waals surface area contributed by atoms with Crippen molar-refractivity contribution in [2.75, 3.05) is 0 Å². The van der Waals surface area contributed by atoms with Crippen LogP contribution in [0.1, 0.15) is 18.4 Å². The van der Waals surface area contributed by atoms with Crippen LogP contribution in [0.25, 0.3) is 26.8 Å². The molecule has 0 saturated heterocycles. The molecule has 1 aromatic carbocycles. The van der Waals surface area contributed by atoms with Crippen molar-refractivity contribution < 1.29 is 0 Å². The maximum Gasteiger partial charge on any atom is 0.284 e. The highest BCUT2D eigenvalue weighted by Gasteiger charge is 2.12. The second-order valence-corrected chi connectivity index (χ2v) is 5.94. The summed E-state index contributed by atoms with van der Waals surface area (Å²) in [4.78, 5) is 22.2. The lowest BCUT2D eigenvalue weighted by atomic mass is 10.1. The summed E-state index contributed by atoms with van der Waals surface area (Å²) in [5.74, 6) is 0. The second kappa shape index (κ2) is 4.60. The number of hydrogen-bond acceptors (Lipinski definition) is 5.